The van der Waals surface area contributed by atoms with Crippen molar-refractivity contribution in [1.29, 1.82) is 0 Å². The van der Waals surface area contributed by atoms with Crippen LogP contribution in [0.5, 0.6) is 5.75 Å². The number of fused-ring (bicyclic) bond motifs is 1. The first-order valence-electron chi connectivity index (χ1n) is 11.3. The number of thiazole rings is 1. The first-order chi connectivity index (χ1) is 16.3. The molecule has 0 aliphatic rings. The van der Waals surface area contributed by atoms with Crippen LogP contribution >= 0.6 is 11.3 Å². The highest BCUT2D eigenvalue weighted by Crippen LogP contribution is 2.36. The number of carbonyl (C=O) groups is 2. The minimum absolute atomic E-state index is 0.0144. The average Bonchev–Trinajstić information content (AvgIpc) is 3.26. The molecule has 34 heavy (non-hydrogen) atoms. The van der Waals surface area contributed by atoms with Crippen molar-refractivity contribution in [1.82, 2.24) is 4.98 Å². The molecule has 5 nitrogen and oxygen atoms in total. The first-order valence-corrected chi connectivity index (χ1v) is 12.1. The molecule has 0 saturated heterocycles. The van der Waals surface area contributed by atoms with Crippen LogP contribution < -0.4 is 4.89 Å². The van der Waals surface area contributed by atoms with Gasteiger partial charge in [0, 0.05) is 34.9 Å². The Morgan fingerprint density at radius 3 is 2.50 bits per heavy atom. The molecule has 3 aromatic carbocycles. The lowest BCUT2D eigenvalue weighted by Crippen LogP contribution is -2.08. The van der Waals surface area contributed by atoms with Crippen molar-refractivity contribution in [3.63, 3.8) is 0 Å². The summed E-state index contributed by atoms with van der Waals surface area (Å²) in [6.07, 6.45) is 0.970. The summed E-state index contributed by atoms with van der Waals surface area (Å²) in [4.78, 5) is 40.0. The first kappa shape index (κ1) is 23.6. The van der Waals surface area contributed by atoms with Gasteiger partial charge in [0.1, 0.15) is 5.01 Å². The maximum Gasteiger partial charge on any atom is 0.352 e. The zero-order chi connectivity index (χ0) is 24.2. The number of carbonyl (C=O) groups excluding carboxylic acids is 2. The minimum Gasteiger partial charge on any atom is -0.294 e. The number of aromatic nitrogens is 1. The Kier molecular flexibility index (Phi) is 7.08. The summed E-state index contributed by atoms with van der Waals surface area (Å²) in [6.45, 7) is 7.32. The summed E-state index contributed by atoms with van der Waals surface area (Å²) < 4.78 is 0. The van der Waals surface area contributed by atoms with Crippen LogP contribution in [-0.2, 0) is 16.1 Å². The minimum atomic E-state index is -0.551. The predicted molar refractivity (Wildman–Crippen MR) is 135 cm³/mol. The molecule has 0 amide bonds. The molecule has 6 heteroatoms. The van der Waals surface area contributed by atoms with E-state index in [2.05, 4.69) is 49.1 Å². The van der Waals surface area contributed by atoms with Crippen LogP contribution in [0.25, 0.3) is 21.3 Å². The van der Waals surface area contributed by atoms with Gasteiger partial charge in [0.15, 0.2) is 11.5 Å². The fourth-order valence-corrected chi connectivity index (χ4v) is 5.25. The maximum atomic E-state index is 13.1. The van der Waals surface area contributed by atoms with E-state index in [1.165, 1.54) is 17.7 Å². The highest BCUT2D eigenvalue weighted by Gasteiger charge is 2.19. The van der Waals surface area contributed by atoms with Crippen molar-refractivity contribution < 1.29 is 19.4 Å². The van der Waals surface area contributed by atoms with E-state index in [1.54, 1.807) is 36.5 Å². The van der Waals surface area contributed by atoms with Crippen molar-refractivity contribution >= 4 is 33.9 Å². The summed E-state index contributed by atoms with van der Waals surface area (Å²) in [5.41, 5.74) is 3.38. The molecule has 0 saturated carbocycles. The summed E-state index contributed by atoms with van der Waals surface area (Å²) in [5, 5.41) is 3.34. The molecule has 0 spiro atoms. The number of nitrogens with zero attached hydrogens (tertiary/aromatic N) is 1. The van der Waals surface area contributed by atoms with Crippen LogP contribution in [0.4, 0.5) is 0 Å². The van der Waals surface area contributed by atoms with Gasteiger partial charge < -0.3 is 0 Å². The zero-order valence-corrected chi connectivity index (χ0v) is 20.6. The van der Waals surface area contributed by atoms with Crippen LogP contribution in [0.2, 0.25) is 0 Å². The quantitative estimate of drug-likeness (QED) is 0.156. The lowest BCUT2D eigenvalue weighted by molar-refractivity contribution is -0.211. The fourth-order valence-electron chi connectivity index (χ4n) is 3.99. The molecule has 0 fully saturated rings. The second kappa shape index (κ2) is 10.2. The third-order valence-corrected chi connectivity index (χ3v) is 6.87. The summed E-state index contributed by atoms with van der Waals surface area (Å²) in [7, 11) is 0. The van der Waals surface area contributed by atoms with E-state index in [0.29, 0.717) is 29.7 Å². The largest absolute Gasteiger partial charge is 0.352 e. The Morgan fingerprint density at radius 1 is 1.00 bits per heavy atom. The van der Waals surface area contributed by atoms with Gasteiger partial charge in [-0.1, -0.05) is 68.4 Å². The van der Waals surface area contributed by atoms with Gasteiger partial charge in [-0.15, -0.1) is 11.3 Å². The molecule has 1 heterocycles. The lowest BCUT2D eigenvalue weighted by Gasteiger charge is -2.10. The average molecular weight is 474 g/mol. The van der Waals surface area contributed by atoms with Gasteiger partial charge >= 0.3 is 5.97 Å². The Bertz CT molecular complexity index is 1350. The van der Waals surface area contributed by atoms with Gasteiger partial charge in [-0.2, -0.15) is 0 Å². The number of Topliss-reactive ketones (excluding diaryl/α,β-unsaturated/α-hetero) is 1. The number of benzene rings is 3. The molecule has 0 aliphatic carbocycles. The Morgan fingerprint density at radius 2 is 1.74 bits per heavy atom. The monoisotopic (exact) mass is 473 g/mol. The van der Waals surface area contributed by atoms with Gasteiger partial charge in [-0.25, -0.2) is 9.78 Å². The van der Waals surface area contributed by atoms with Crippen molar-refractivity contribution in [2.24, 2.45) is 0 Å². The van der Waals surface area contributed by atoms with Crippen molar-refractivity contribution in [3.05, 3.63) is 82.4 Å². The molecule has 174 valence electrons. The third kappa shape index (κ3) is 5.02. The van der Waals surface area contributed by atoms with E-state index < -0.39 is 5.97 Å². The van der Waals surface area contributed by atoms with E-state index in [1.807, 2.05) is 12.1 Å². The van der Waals surface area contributed by atoms with Crippen molar-refractivity contribution in [2.75, 3.05) is 0 Å². The normalized spacial score (nSPS) is 11.1. The zero-order valence-electron chi connectivity index (χ0n) is 19.8. The number of rotatable bonds is 8. The number of aryl methyl sites for hydroxylation is 1. The Balaban J connectivity index is 1.58. The van der Waals surface area contributed by atoms with Gasteiger partial charge in [0.25, 0.3) is 0 Å². The predicted octanol–water partition coefficient (Wildman–Crippen LogP) is 7.07. The second-order valence-corrected chi connectivity index (χ2v) is 9.60. The highest BCUT2D eigenvalue weighted by molar-refractivity contribution is 7.15. The van der Waals surface area contributed by atoms with E-state index in [0.717, 1.165) is 21.1 Å². The molecule has 4 aromatic rings. The summed E-state index contributed by atoms with van der Waals surface area (Å²) >= 11 is 1.67. The van der Waals surface area contributed by atoms with Crippen LogP contribution in [-0.4, -0.2) is 16.7 Å². The van der Waals surface area contributed by atoms with Gasteiger partial charge in [0.05, 0.1) is 5.69 Å². The van der Waals surface area contributed by atoms with Crippen molar-refractivity contribution in [3.8, 4) is 16.3 Å². The molecule has 0 radical (unpaired) electrons. The lowest BCUT2D eigenvalue weighted by atomic mass is 9.99. The molecule has 0 N–H and O–H groups in total. The molecule has 0 unspecified atom stereocenters. The van der Waals surface area contributed by atoms with E-state index in [4.69, 9.17) is 9.87 Å². The van der Waals surface area contributed by atoms with Crippen LogP contribution in [0.1, 0.15) is 59.6 Å². The SMILES string of the molecule is CC(=O)OOc1cccc(C(=O)CCc2sc(-c3cccc4ccccc34)nc2C(C)C)c1C. The van der Waals surface area contributed by atoms with Crippen molar-refractivity contribution in [2.45, 2.75) is 46.5 Å². The van der Waals surface area contributed by atoms with Crippen LogP contribution in [0.15, 0.2) is 60.7 Å². The summed E-state index contributed by atoms with van der Waals surface area (Å²) in [5.74, 6) is 0.0809. The van der Waals surface area contributed by atoms with Gasteiger partial charge in [-0.3, -0.25) is 14.6 Å². The Labute approximate surface area is 203 Å². The van der Waals surface area contributed by atoms with Gasteiger partial charge in [0.2, 0.25) is 0 Å². The highest BCUT2D eigenvalue weighted by atomic mass is 32.1. The van der Waals surface area contributed by atoms with Crippen LogP contribution in [0, 0.1) is 6.92 Å². The Hall–Kier alpha value is -3.51. The molecule has 0 bridgehead atoms. The molecular formula is C28H27NO4S. The molecule has 0 atom stereocenters. The van der Waals surface area contributed by atoms with Crippen LogP contribution in [0.3, 0.4) is 0 Å². The standard InChI is InChI=1S/C28H27NO4S/c1-17(2)27-26(34-28(29-27)23-13-7-10-20-9-5-6-11-22(20)23)16-15-24(31)21-12-8-14-25(18(21)3)33-32-19(4)30/h5-14,17H,15-16H2,1-4H3. The second-order valence-electron chi connectivity index (χ2n) is 8.52. The van der Waals surface area contributed by atoms with E-state index in [9.17, 15) is 9.59 Å². The van der Waals surface area contributed by atoms with E-state index >= 15 is 0 Å². The molecule has 0 aliphatic heterocycles. The maximum absolute atomic E-state index is 13.1. The van der Waals surface area contributed by atoms with E-state index in [-0.39, 0.29) is 11.7 Å². The summed E-state index contributed by atoms with van der Waals surface area (Å²) in [6, 6.07) is 19.8. The molecule has 1 aromatic heterocycles. The number of hydrogen-bond donors (Lipinski definition) is 0. The molecular weight excluding hydrogens is 446 g/mol. The molecule has 4 rings (SSSR count). The fraction of sp³-hybridized carbons (Fsp3) is 0.250. The third-order valence-electron chi connectivity index (χ3n) is 5.71. The smallest absolute Gasteiger partial charge is 0.294 e. The van der Waals surface area contributed by atoms with Gasteiger partial charge in [-0.05, 0) is 36.1 Å². The number of ketones is 1. The topological polar surface area (TPSA) is 65.5 Å². The number of hydrogen-bond acceptors (Lipinski definition) is 6.